The minimum Gasteiger partial charge on any atom is -0.356 e. The molecular weight excluding hydrogens is 310 g/mol. The normalized spacial score (nSPS) is 14.6. The summed E-state index contributed by atoms with van der Waals surface area (Å²) < 4.78 is 0. The van der Waals surface area contributed by atoms with Gasteiger partial charge in [-0.1, -0.05) is 0 Å². The van der Waals surface area contributed by atoms with Crippen molar-refractivity contribution >= 4 is 23.0 Å². The summed E-state index contributed by atoms with van der Waals surface area (Å²) in [6.07, 6.45) is 3.77. The monoisotopic (exact) mass is 331 g/mol. The molecule has 6 heteroatoms. The topological polar surface area (TPSA) is 56.4 Å². The van der Waals surface area contributed by atoms with Crippen LogP contribution >= 0.6 is 11.3 Å². The number of aromatic nitrogens is 1. The molecule has 1 amide bonds. The molecular formula is C17H21N3O2S. The third-order valence-electron chi connectivity index (χ3n) is 4.07. The Morgan fingerprint density at radius 3 is 2.83 bits per heavy atom. The summed E-state index contributed by atoms with van der Waals surface area (Å²) in [7, 11) is 1.93. The summed E-state index contributed by atoms with van der Waals surface area (Å²) in [4.78, 5) is 31.4. The van der Waals surface area contributed by atoms with Gasteiger partial charge in [-0.05, 0) is 48.3 Å². The van der Waals surface area contributed by atoms with Gasteiger partial charge in [-0.25, -0.2) is 0 Å². The predicted molar refractivity (Wildman–Crippen MR) is 90.9 cm³/mol. The number of Topliss-reactive ketones (excluding diaryl/α,β-unsaturated/α-hetero) is 1. The molecule has 0 atom stereocenters. The van der Waals surface area contributed by atoms with E-state index in [1.165, 1.54) is 5.56 Å². The zero-order chi connectivity index (χ0) is 16.2. The SMILES string of the molecule is CN(CC(=O)c1c[nH]c(C(=O)N2CCCC2)c1)Cc1ccsc1. The lowest BCUT2D eigenvalue weighted by Gasteiger charge is -2.14. The Kier molecular flexibility index (Phi) is 4.93. The first-order chi connectivity index (χ1) is 11.1. The van der Waals surface area contributed by atoms with Crippen LogP contribution in [0, 0.1) is 0 Å². The van der Waals surface area contributed by atoms with Crippen LogP contribution in [-0.2, 0) is 6.54 Å². The standard InChI is InChI=1S/C17H21N3O2S/c1-19(10-13-4-7-23-12-13)11-16(21)14-8-15(18-9-14)17(22)20-5-2-3-6-20/h4,7-9,12,18H,2-3,5-6,10-11H2,1H3. The smallest absolute Gasteiger partial charge is 0.270 e. The van der Waals surface area contributed by atoms with Crippen LogP contribution in [0.25, 0.3) is 0 Å². The molecule has 0 unspecified atom stereocenters. The molecule has 0 aliphatic carbocycles. The van der Waals surface area contributed by atoms with E-state index < -0.39 is 0 Å². The van der Waals surface area contributed by atoms with Crippen molar-refractivity contribution in [2.24, 2.45) is 0 Å². The largest absolute Gasteiger partial charge is 0.356 e. The number of amides is 1. The second kappa shape index (κ2) is 7.10. The minimum absolute atomic E-state index is 0.00632. The molecule has 2 aromatic heterocycles. The molecule has 3 rings (SSSR count). The third kappa shape index (κ3) is 3.89. The summed E-state index contributed by atoms with van der Waals surface area (Å²) in [5.74, 6) is 0.0210. The van der Waals surface area contributed by atoms with Crippen molar-refractivity contribution in [1.29, 1.82) is 0 Å². The van der Waals surface area contributed by atoms with E-state index in [4.69, 9.17) is 0 Å². The Morgan fingerprint density at radius 2 is 2.13 bits per heavy atom. The molecule has 0 spiro atoms. The Hall–Kier alpha value is -1.92. The quantitative estimate of drug-likeness (QED) is 0.828. The van der Waals surface area contributed by atoms with Gasteiger partial charge in [0.1, 0.15) is 5.69 Å². The van der Waals surface area contributed by atoms with Crippen LogP contribution in [0.15, 0.2) is 29.1 Å². The molecule has 1 saturated heterocycles. The number of ketones is 1. The maximum absolute atomic E-state index is 12.4. The number of H-pyrrole nitrogens is 1. The number of nitrogens with zero attached hydrogens (tertiary/aromatic N) is 2. The summed E-state index contributed by atoms with van der Waals surface area (Å²) in [6.45, 7) is 2.71. The van der Waals surface area contributed by atoms with E-state index in [1.54, 1.807) is 23.6 Å². The zero-order valence-electron chi connectivity index (χ0n) is 13.2. The molecule has 0 saturated carbocycles. The van der Waals surface area contributed by atoms with Gasteiger partial charge in [0.15, 0.2) is 5.78 Å². The van der Waals surface area contributed by atoms with Gasteiger partial charge in [0.25, 0.3) is 5.91 Å². The highest BCUT2D eigenvalue weighted by Gasteiger charge is 2.22. The fourth-order valence-corrected chi connectivity index (χ4v) is 3.52. The van der Waals surface area contributed by atoms with Gasteiger partial charge >= 0.3 is 0 Å². The van der Waals surface area contributed by atoms with Crippen LogP contribution < -0.4 is 0 Å². The van der Waals surface area contributed by atoms with Crippen molar-refractivity contribution < 1.29 is 9.59 Å². The fraction of sp³-hybridized carbons (Fsp3) is 0.412. The number of carbonyl (C=O) groups is 2. The van der Waals surface area contributed by atoms with Crippen molar-refractivity contribution in [3.63, 3.8) is 0 Å². The van der Waals surface area contributed by atoms with Crippen LogP contribution in [-0.4, -0.2) is 53.2 Å². The maximum atomic E-state index is 12.4. The summed E-state index contributed by atoms with van der Waals surface area (Å²) in [6, 6.07) is 3.75. The molecule has 2 aromatic rings. The van der Waals surface area contributed by atoms with E-state index in [2.05, 4.69) is 16.4 Å². The molecule has 1 fully saturated rings. The molecule has 5 nitrogen and oxygen atoms in total. The molecule has 0 aromatic carbocycles. The van der Waals surface area contributed by atoms with Gasteiger partial charge in [-0.2, -0.15) is 11.3 Å². The number of thiophene rings is 1. The number of aromatic amines is 1. The van der Waals surface area contributed by atoms with Crippen molar-refractivity contribution in [1.82, 2.24) is 14.8 Å². The lowest BCUT2D eigenvalue weighted by Crippen LogP contribution is -2.28. The molecule has 0 radical (unpaired) electrons. The number of nitrogens with one attached hydrogen (secondary N) is 1. The number of rotatable bonds is 6. The molecule has 1 N–H and O–H groups in total. The molecule has 23 heavy (non-hydrogen) atoms. The van der Waals surface area contributed by atoms with Crippen LogP contribution in [0.3, 0.4) is 0 Å². The fourth-order valence-electron chi connectivity index (χ4n) is 2.86. The zero-order valence-corrected chi connectivity index (χ0v) is 14.1. The summed E-state index contributed by atoms with van der Waals surface area (Å²) in [5, 5.41) is 4.12. The average Bonchev–Trinajstić information content (AvgIpc) is 3.28. The van der Waals surface area contributed by atoms with Gasteiger partial charge in [0.05, 0.1) is 6.54 Å². The highest BCUT2D eigenvalue weighted by molar-refractivity contribution is 7.07. The average molecular weight is 331 g/mol. The first-order valence-corrected chi connectivity index (χ1v) is 8.78. The number of likely N-dealkylation sites (tertiary alicyclic amines) is 1. The van der Waals surface area contributed by atoms with Crippen LogP contribution in [0.4, 0.5) is 0 Å². The first-order valence-electron chi connectivity index (χ1n) is 7.84. The Labute approximate surface area is 139 Å². The van der Waals surface area contributed by atoms with E-state index in [-0.39, 0.29) is 11.7 Å². The molecule has 3 heterocycles. The summed E-state index contributed by atoms with van der Waals surface area (Å²) in [5.41, 5.74) is 2.30. The molecule has 0 bridgehead atoms. The lowest BCUT2D eigenvalue weighted by molar-refractivity contribution is 0.0787. The van der Waals surface area contributed by atoms with E-state index in [9.17, 15) is 9.59 Å². The predicted octanol–water partition coefficient (Wildman–Crippen LogP) is 2.63. The maximum Gasteiger partial charge on any atom is 0.270 e. The molecule has 122 valence electrons. The number of likely N-dealkylation sites (N-methyl/N-ethyl adjacent to an activating group) is 1. The summed E-state index contributed by atoms with van der Waals surface area (Å²) >= 11 is 1.66. The van der Waals surface area contributed by atoms with E-state index >= 15 is 0 Å². The Balaban J connectivity index is 1.58. The highest BCUT2D eigenvalue weighted by Crippen LogP contribution is 2.14. The molecule has 1 aliphatic rings. The van der Waals surface area contributed by atoms with E-state index in [1.807, 2.05) is 22.2 Å². The van der Waals surface area contributed by atoms with E-state index in [0.717, 1.165) is 32.5 Å². The second-order valence-electron chi connectivity index (χ2n) is 6.03. The van der Waals surface area contributed by atoms with E-state index in [0.29, 0.717) is 17.8 Å². The van der Waals surface area contributed by atoms with Gasteiger partial charge in [0, 0.05) is 31.4 Å². The number of hydrogen-bond donors (Lipinski definition) is 1. The second-order valence-corrected chi connectivity index (χ2v) is 6.81. The van der Waals surface area contributed by atoms with Crippen LogP contribution in [0.2, 0.25) is 0 Å². The minimum atomic E-state index is -0.00632. The van der Waals surface area contributed by atoms with Gasteiger partial charge in [0.2, 0.25) is 0 Å². The number of carbonyl (C=O) groups excluding carboxylic acids is 2. The third-order valence-corrected chi connectivity index (χ3v) is 4.81. The number of hydrogen-bond acceptors (Lipinski definition) is 4. The Bertz CT molecular complexity index is 672. The van der Waals surface area contributed by atoms with Gasteiger partial charge in [-0.15, -0.1) is 0 Å². The van der Waals surface area contributed by atoms with Crippen molar-refractivity contribution in [2.45, 2.75) is 19.4 Å². The Morgan fingerprint density at radius 1 is 1.35 bits per heavy atom. The van der Waals surface area contributed by atoms with Crippen LogP contribution in [0.5, 0.6) is 0 Å². The van der Waals surface area contributed by atoms with Crippen molar-refractivity contribution in [2.75, 3.05) is 26.7 Å². The van der Waals surface area contributed by atoms with Crippen molar-refractivity contribution in [3.8, 4) is 0 Å². The van der Waals surface area contributed by atoms with Gasteiger partial charge in [-0.3, -0.25) is 14.5 Å². The van der Waals surface area contributed by atoms with Crippen molar-refractivity contribution in [3.05, 3.63) is 45.9 Å². The molecule has 1 aliphatic heterocycles. The van der Waals surface area contributed by atoms with Gasteiger partial charge < -0.3 is 9.88 Å². The lowest BCUT2D eigenvalue weighted by atomic mass is 10.2. The highest BCUT2D eigenvalue weighted by atomic mass is 32.1. The first kappa shape index (κ1) is 16.0. The van der Waals surface area contributed by atoms with Crippen LogP contribution in [0.1, 0.15) is 39.3 Å².